The molecule has 1 aliphatic carbocycles. The van der Waals surface area contributed by atoms with Gasteiger partial charge in [-0.3, -0.25) is 14.5 Å². The number of anilines is 1. The number of carbonyl (C=O) groups is 2. The van der Waals surface area contributed by atoms with Gasteiger partial charge in [0.1, 0.15) is 5.75 Å². The molecule has 0 radical (unpaired) electrons. The maximum absolute atomic E-state index is 13.6. The summed E-state index contributed by atoms with van der Waals surface area (Å²) in [5.41, 5.74) is -0.0250. The van der Waals surface area contributed by atoms with Gasteiger partial charge in [-0.05, 0) is 55.5 Å². The predicted molar refractivity (Wildman–Crippen MR) is 113 cm³/mol. The average molecular weight is 455 g/mol. The summed E-state index contributed by atoms with van der Waals surface area (Å²) in [6, 6.07) is 7.39. The first kappa shape index (κ1) is 23.1. The van der Waals surface area contributed by atoms with Crippen LogP contribution in [0.5, 0.6) is 5.75 Å². The second kappa shape index (κ2) is 10.2. The SMILES string of the molecule is CCOc1ccc(N(C(=O)C(F)(F)F)[C@@H](C(=O)NC2CCCCC2)c2cccs2)cc1. The number of benzene rings is 1. The zero-order valence-corrected chi connectivity index (χ0v) is 18.0. The molecule has 0 saturated heterocycles. The molecule has 1 fully saturated rings. The van der Waals surface area contributed by atoms with Crippen molar-refractivity contribution < 1.29 is 27.5 Å². The Balaban J connectivity index is 2.00. The van der Waals surface area contributed by atoms with Crippen LogP contribution in [0.25, 0.3) is 0 Å². The Morgan fingerprint density at radius 3 is 2.39 bits per heavy atom. The second-order valence-electron chi connectivity index (χ2n) is 7.36. The standard InChI is InChI=1S/C22H25F3N2O3S/c1-2-30-17-12-10-16(11-13-17)27(21(29)22(23,24)25)19(18-9-6-14-31-18)20(28)26-15-7-4-3-5-8-15/h6,9-15,19H,2-5,7-8H2,1H3,(H,26,28)/t19-/m1/s1. The molecule has 1 aliphatic rings. The molecule has 1 heterocycles. The van der Waals surface area contributed by atoms with E-state index >= 15 is 0 Å². The van der Waals surface area contributed by atoms with Gasteiger partial charge in [0.15, 0.2) is 6.04 Å². The van der Waals surface area contributed by atoms with Gasteiger partial charge >= 0.3 is 12.1 Å². The van der Waals surface area contributed by atoms with Crippen LogP contribution in [-0.2, 0) is 9.59 Å². The minimum absolute atomic E-state index is 0.0250. The van der Waals surface area contributed by atoms with E-state index in [2.05, 4.69) is 5.32 Å². The lowest BCUT2D eigenvalue weighted by Crippen LogP contribution is -2.50. The Kier molecular flexibility index (Phi) is 7.59. The molecule has 1 saturated carbocycles. The predicted octanol–water partition coefficient (Wildman–Crippen LogP) is 5.23. The van der Waals surface area contributed by atoms with Gasteiger partial charge in [0, 0.05) is 16.6 Å². The van der Waals surface area contributed by atoms with Crippen LogP contribution in [0, 0.1) is 0 Å². The lowest BCUT2D eigenvalue weighted by Gasteiger charge is -2.33. The highest BCUT2D eigenvalue weighted by atomic mass is 32.1. The maximum Gasteiger partial charge on any atom is 0.471 e. The molecule has 0 spiro atoms. The summed E-state index contributed by atoms with van der Waals surface area (Å²) in [4.78, 5) is 26.6. The lowest BCUT2D eigenvalue weighted by atomic mass is 9.95. The van der Waals surface area contributed by atoms with Crippen LogP contribution in [0.15, 0.2) is 41.8 Å². The third kappa shape index (κ3) is 5.78. The Morgan fingerprint density at radius 2 is 1.84 bits per heavy atom. The topological polar surface area (TPSA) is 58.6 Å². The fraction of sp³-hybridized carbons (Fsp3) is 0.455. The summed E-state index contributed by atoms with van der Waals surface area (Å²) in [5, 5.41) is 4.55. The van der Waals surface area contributed by atoms with E-state index in [1.165, 1.54) is 24.3 Å². The summed E-state index contributed by atoms with van der Waals surface area (Å²) in [6.07, 6.45) is -0.597. The summed E-state index contributed by atoms with van der Waals surface area (Å²) in [6.45, 7) is 2.18. The van der Waals surface area contributed by atoms with E-state index in [1.807, 2.05) is 0 Å². The lowest BCUT2D eigenvalue weighted by molar-refractivity contribution is -0.171. The average Bonchev–Trinajstić information content (AvgIpc) is 3.26. The molecule has 2 aromatic rings. The van der Waals surface area contributed by atoms with Crippen molar-refractivity contribution in [2.75, 3.05) is 11.5 Å². The van der Waals surface area contributed by atoms with E-state index in [-0.39, 0.29) is 11.7 Å². The number of thiophene rings is 1. The molecular formula is C22H25F3N2O3S. The van der Waals surface area contributed by atoms with Gasteiger partial charge in [0.05, 0.1) is 6.61 Å². The monoisotopic (exact) mass is 454 g/mol. The minimum atomic E-state index is -5.14. The summed E-state index contributed by atoms with van der Waals surface area (Å²) < 4.78 is 46.0. The zero-order chi connectivity index (χ0) is 22.4. The molecule has 5 nitrogen and oxygen atoms in total. The van der Waals surface area contributed by atoms with Gasteiger partial charge in [0.2, 0.25) is 5.91 Å². The maximum atomic E-state index is 13.6. The normalized spacial score (nSPS) is 15.9. The highest BCUT2D eigenvalue weighted by Gasteiger charge is 2.47. The smallest absolute Gasteiger partial charge is 0.471 e. The first-order chi connectivity index (χ1) is 14.8. The number of nitrogens with one attached hydrogen (secondary N) is 1. The number of rotatable bonds is 7. The number of hydrogen-bond acceptors (Lipinski definition) is 4. The quantitative estimate of drug-likeness (QED) is 0.623. The molecule has 1 aromatic carbocycles. The van der Waals surface area contributed by atoms with E-state index in [1.54, 1.807) is 24.4 Å². The van der Waals surface area contributed by atoms with Crippen LogP contribution in [0.3, 0.4) is 0 Å². The molecule has 1 atom stereocenters. The third-order valence-corrected chi connectivity index (χ3v) is 6.08. The van der Waals surface area contributed by atoms with Gasteiger partial charge in [0.25, 0.3) is 0 Å². The molecule has 3 rings (SSSR count). The zero-order valence-electron chi connectivity index (χ0n) is 17.2. The van der Waals surface area contributed by atoms with Gasteiger partial charge in [-0.2, -0.15) is 13.2 Å². The summed E-state index contributed by atoms with van der Waals surface area (Å²) in [7, 11) is 0. The molecule has 9 heteroatoms. The number of halogens is 3. The highest BCUT2D eigenvalue weighted by molar-refractivity contribution is 7.10. The van der Waals surface area contributed by atoms with Gasteiger partial charge in [-0.25, -0.2) is 0 Å². The van der Waals surface area contributed by atoms with Crippen molar-refractivity contribution in [3.63, 3.8) is 0 Å². The van der Waals surface area contributed by atoms with E-state index in [0.29, 0.717) is 22.1 Å². The van der Waals surface area contributed by atoms with Crippen molar-refractivity contribution in [2.24, 2.45) is 0 Å². The second-order valence-corrected chi connectivity index (χ2v) is 8.34. The van der Waals surface area contributed by atoms with Crippen molar-refractivity contribution in [3.8, 4) is 5.75 Å². The van der Waals surface area contributed by atoms with Gasteiger partial charge in [-0.15, -0.1) is 11.3 Å². The molecule has 0 aliphatic heterocycles. The summed E-state index contributed by atoms with van der Waals surface area (Å²) in [5.74, 6) is -2.24. The van der Waals surface area contributed by atoms with E-state index in [9.17, 15) is 22.8 Å². The number of hydrogen-bond donors (Lipinski definition) is 1. The van der Waals surface area contributed by atoms with Gasteiger partial charge in [-0.1, -0.05) is 25.3 Å². The van der Waals surface area contributed by atoms with Gasteiger partial charge < -0.3 is 10.1 Å². The van der Waals surface area contributed by atoms with Crippen molar-refractivity contribution in [2.45, 2.75) is 57.3 Å². The van der Waals surface area contributed by atoms with Crippen LogP contribution in [0.4, 0.5) is 18.9 Å². The highest BCUT2D eigenvalue weighted by Crippen LogP contribution is 2.35. The van der Waals surface area contributed by atoms with Crippen LogP contribution >= 0.6 is 11.3 Å². The number of nitrogens with zero attached hydrogens (tertiary/aromatic N) is 1. The number of amides is 2. The molecule has 0 unspecified atom stereocenters. The molecule has 31 heavy (non-hydrogen) atoms. The van der Waals surface area contributed by atoms with Crippen LogP contribution in [0.1, 0.15) is 49.9 Å². The van der Waals surface area contributed by atoms with Crippen molar-refractivity contribution in [3.05, 3.63) is 46.7 Å². The number of ether oxygens (including phenoxy) is 1. The Bertz CT molecular complexity index is 863. The molecule has 1 aromatic heterocycles. The van der Waals surface area contributed by atoms with Crippen LogP contribution in [-0.4, -0.2) is 30.6 Å². The largest absolute Gasteiger partial charge is 0.494 e. The van der Waals surface area contributed by atoms with E-state index in [0.717, 1.165) is 43.4 Å². The number of carbonyl (C=O) groups excluding carboxylic acids is 2. The Hall–Kier alpha value is -2.55. The minimum Gasteiger partial charge on any atom is -0.494 e. The summed E-state index contributed by atoms with van der Waals surface area (Å²) >= 11 is 1.14. The first-order valence-electron chi connectivity index (χ1n) is 10.3. The van der Waals surface area contributed by atoms with Crippen molar-refractivity contribution in [1.29, 1.82) is 0 Å². The molecule has 168 valence electrons. The third-order valence-electron chi connectivity index (χ3n) is 5.16. The van der Waals surface area contributed by atoms with Crippen LogP contribution < -0.4 is 15.0 Å². The molecule has 2 amide bonds. The van der Waals surface area contributed by atoms with E-state index < -0.39 is 24.0 Å². The Labute approximate surface area is 183 Å². The molecular weight excluding hydrogens is 429 g/mol. The Morgan fingerprint density at radius 1 is 1.16 bits per heavy atom. The van der Waals surface area contributed by atoms with Crippen LogP contribution in [0.2, 0.25) is 0 Å². The first-order valence-corrected chi connectivity index (χ1v) is 11.2. The fourth-order valence-electron chi connectivity index (χ4n) is 3.74. The fourth-order valence-corrected chi connectivity index (χ4v) is 4.55. The number of alkyl halides is 3. The molecule has 0 bridgehead atoms. The van der Waals surface area contributed by atoms with E-state index in [4.69, 9.17) is 4.74 Å². The van der Waals surface area contributed by atoms with Crippen molar-refractivity contribution in [1.82, 2.24) is 5.32 Å². The van der Waals surface area contributed by atoms with Crippen molar-refractivity contribution >= 4 is 28.8 Å². The molecule has 1 N–H and O–H groups in total.